The van der Waals surface area contributed by atoms with Gasteiger partial charge in [0, 0.05) is 18.9 Å². The van der Waals surface area contributed by atoms with Crippen LogP contribution in [-0.2, 0) is 9.59 Å². The summed E-state index contributed by atoms with van der Waals surface area (Å²) in [6, 6.07) is 8.14. The lowest BCUT2D eigenvalue weighted by Crippen LogP contribution is -2.68. The van der Waals surface area contributed by atoms with Crippen LogP contribution < -0.4 is 5.32 Å². The number of carbonyl (C=O) groups excluding carboxylic acids is 2. The smallest absolute Gasteiger partial charge is 0.234 e. The van der Waals surface area contributed by atoms with E-state index in [0.717, 1.165) is 18.4 Å². The van der Waals surface area contributed by atoms with Crippen molar-refractivity contribution in [2.45, 2.75) is 50.6 Å². The number of benzene rings is 1. The molecule has 2 aliphatic rings. The Morgan fingerprint density at radius 2 is 1.93 bits per heavy atom. The van der Waals surface area contributed by atoms with Crippen molar-refractivity contribution in [3.05, 3.63) is 41.5 Å². The number of hydrogen-bond donors (Lipinski definition) is 2. The van der Waals surface area contributed by atoms with Crippen molar-refractivity contribution in [3.8, 4) is 0 Å². The maximum Gasteiger partial charge on any atom is 0.234 e. The molecule has 0 bridgehead atoms. The predicted molar refractivity (Wildman–Crippen MR) is 114 cm³/mol. The summed E-state index contributed by atoms with van der Waals surface area (Å²) in [5, 5.41) is 12.9. The summed E-state index contributed by atoms with van der Waals surface area (Å²) in [7, 11) is 3.70. The number of allylic oxidation sites excluding steroid dienone is 2. The molecule has 6 nitrogen and oxygen atoms in total. The normalized spacial score (nSPS) is 23.7. The van der Waals surface area contributed by atoms with Crippen molar-refractivity contribution in [3.63, 3.8) is 0 Å². The monoisotopic (exact) mass is 399 g/mol. The molecular weight excluding hydrogens is 366 g/mol. The predicted octanol–water partition coefficient (Wildman–Crippen LogP) is 2.00. The number of nitrogens with zero attached hydrogens (tertiary/aromatic N) is 2. The average Bonchev–Trinajstić information content (AvgIpc) is 3.22. The van der Waals surface area contributed by atoms with Crippen LogP contribution in [0.15, 0.2) is 30.3 Å². The Bertz CT molecular complexity index is 757. The van der Waals surface area contributed by atoms with Crippen LogP contribution in [0.1, 0.15) is 49.7 Å². The summed E-state index contributed by atoms with van der Waals surface area (Å²) < 4.78 is 0. The van der Waals surface area contributed by atoms with Gasteiger partial charge in [-0.1, -0.05) is 37.3 Å². The van der Waals surface area contributed by atoms with Crippen molar-refractivity contribution in [1.82, 2.24) is 15.1 Å². The first kappa shape index (κ1) is 21.5. The first-order valence-corrected chi connectivity index (χ1v) is 10.6. The fourth-order valence-electron chi connectivity index (χ4n) is 4.58. The van der Waals surface area contributed by atoms with Gasteiger partial charge in [-0.3, -0.25) is 9.59 Å². The summed E-state index contributed by atoms with van der Waals surface area (Å²) in [4.78, 5) is 28.2. The minimum absolute atomic E-state index is 0.0138. The van der Waals surface area contributed by atoms with Gasteiger partial charge in [0.05, 0.1) is 25.2 Å². The molecule has 0 radical (unpaired) electrons. The van der Waals surface area contributed by atoms with E-state index >= 15 is 0 Å². The van der Waals surface area contributed by atoms with Gasteiger partial charge in [0.25, 0.3) is 0 Å². The zero-order valence-corrected chi connectivity index (χ0v) is 17.7. The number of likely N-dealkylation sites (N-methyl/N-ethyl adjacent to an activating group) is 1. The van der Waals surface area contributed by atoms with Crippen molar-refractivity contribution in [2.75, 3.05) is 33.8 Å². The third-order valence-electron chi connectivity index (χ3n) is 6.00. The number of aliphatic hydroxyl groups excluding tert-OH is 1. The zero-order valence-electron chi connectivity index (χ0n) is 17.7. The van der Waals surface area contributed by atoms with E-state index in [9.17, 15) is 14.7 Å². The van der Waals surface area contributed by atoms with E-state index in [1.54, 1.807) is 4.90 Å². The van der Waals surface area contributed by atoms with Crippen molar-refractivity contribution in [2.24, 2.45) is 0 Å². The molecule has 2 amide bonds. The molecule has 1 aliphatic heterocycles. The highest BCUT2D eigenvalue weighted by molar-refractivity contribution is 5.80. The first-order chi connectivity index (χ1) is 14.0. The van der Waals surface area contributed by atoms with Crippen LogP contribution in [0.5, 0.6) is 0 Å². The maximum atomic E-state index is 12.5. The van der Waals surface area contributed by atoms with Crippen LogP contribution in [0.3, 0.4) is 0 Å². The molecule has 1 fully saturated rings. The summed E-state index contributed by atoms with van der Waals surface area (Å²) in [6.45, 7) is 2.46. The van der Waals surface area contributed by atoms with Crippen LogP contribution in [0.25, 0.3) is 5.57 Å². The SMILES string of the molecule is CCC(=O)N1[C@H](CO)[C@@H](c2ccc(C3=CCCC3)cc2)[C@H]1CNC(=O)CN(C)C. The molecule has 1 aromatic carbocycles. The van der Waals surface area contributed by atoms with Gasteiger partial charge in [0.1, 0.15) is 0 Å². The fraction of sp³-hybridized carbons (Fsp3) is 0.565. The lowest BCUT2D eigenvalue weighted by molar-refractivity contribution is -0.150. The molecular formula is C23H33N3O3. The lowest BCUT2D eigenvalue weighted by atomic mass is 9.74. The summed E-state index contributed by atoms with van der Waals surface area (Å²) >= 11 is 0. The molecule has 1 saturated heterocycles. The zero-order chi connectivity index (χ0) is 21.0. The van der Waals surface area contributed by atoms with Crippen molar-refractivity contribution < 1.29 is 14.7 Å². The standard InChI is InChI=1S/C23H33N3O3/c1-4-22(29)26-19(13-24-21(28)14-25(2)3)23(20(26)15-27)18-11-9-17(10-12-18)16-7-5-6-8-16/h7,9-12,19-20,23,27H,4-6,8,13-15H2,1-3H3,(H,24,28)/t19-,20-,23+/m1/s1. The Kier molecular flexibility index (Phi) is 7.09. The summed E-state index contributed by atoms with van der Waals surface area (Å²) in [5.74, 6) is -0.0322. The molecule has 3 rings (SSSR count). The highest BCUT2D eigenvalue weighted by Crippen LogP contribution is 2.41. The molecule has 1 aromatic rings. The fourth-order valence-corrected chi connectivity index (χ4v) is 4.58. The number of nitrogens with one attached hydrogen (secondary N) is 1. The number of likely N-dealkylation sites (tertiary alicyclic amines) is 1. The third kappa shape index (κ3) is 4.70. The Morgan fingerprint density at radius 1 is 1.21 bits per heavy atom. The van der Waals surface area contributed by atoms with E-state index in [1.165, 1.54) is 17.6 Å². The van der Waals surface area contributed by atoms with Crippen LogP contribution in [0, 0.1) is 0 Å². The Labute approximate surface area is 173 Å². The van der Waals surface area contributed by atoms with E-state index in [0.29, 0.717) is 19.5 Å². The Balaban J connectivity index is 1.77. The number of amides is 2. The minimum Gasteiger partial charge on any atom is -0.394 e. The van der Waals surface area contributed by atoms with Gasteiger partial charge >= 0.3 is 0 Å². The van der Waals surface area contributed by atoms with E-state index in [2.05, 4.69) is 35.7 Å². The van der Waals surface area contributed by atoms with Crippen LogP contribution in [0.2, 0.25) is 0 Å². The number of aliphatic hydroxyl groups is 1. The maximum absolute atomic E-state index is 12.5. The molecule has 2 N–H and O–H groups in total. The molecule has 1 aliphatic carbocycles. The number of carbonyl (C=O) groups is 2. The highest BCUT2D eigenvalue weighted by Gasteiger charge is 2.50. The second-order valence-corrected chi connectivity index (χ2v) is 8.28. The first-order valence-electron chi connectivity index (χ1n) is 10.6. The van der Waals surface area contributed by atoms with Crippen LogP contribution >= 0.6 is 0 Å². The van der Waals surface area contributed by atoms with Gasteiger partial charge in [-0.15, -0.1) is 0 Å². The average molecular weight is 400 g/mol. The van der Waals surface area contributed by atoms with Crippen molar-refractivity contribution >= 4 is 17.4 Å². The molecule has 29 heavy (non-hydrogen) atoms. The molecule has 1 heterocycles. The van der Waals surface area contributed by atoms with Crippen LogP contribution in [0.4, 0.5) is 0 Å². The molecule has 0 saturated carbocycles. The van der Waals surface area contributed by atoms with Gasteiger partial charge in [0.2, 0.25) is 11.8 Å². The van der Waals surface area contributed by atoms with Gasteiger partial charge < -0.3 is 20.2 Å². The molecule has 3 atom stereocenters. The van der Waals surface area contributed by atoms with Crippen molar-refractivity contribution in [1.29, 1.82) is 0 Å². The summed E-state index contributed by atoms with van der Waals surface area (Å²) in [6.07, 6.45) is 6.18. The molecule has 0 unspecified atom stereocenters. The second kappa shape index (κ2) is 9.55. The third-order valence-corrected chi connectivity index (χ3v) is 6.00. The second-order valence-electron chi connectivity index (χ2n) is 8.28. The van der Waals surface area contributed by atoms with E-state index in [1.807, 2.05) is 25.9 Å². The Morgan fingerprint density at radius 3 is 2.48 bits per heavy atom. The largest absolute Gasteiger partial charge is 0.394 e. The van der Waals surface area contributed by atoms with Gasteiger partial charge in [-0.25, -0.2) is 0 Å². The van der Waals surface area contributed by atoms with Gasteiger partial charge in [0.15, 0.2) is 0 Å². The molecule has 158 valence electrons. The quantitative estimate of drug-likeness (QED) is 0.701. The Hall–Kier alpha value is -2.18. The van der Waals surface area contributed by atoms with E-state index in [4.69, 9.17) is 0 Å². The molecule has 0 aromatic heterocycles. The number of hydrogen-bond acceptors (Lipinski definition) is 4. The number of rotatable bonds is 8. The van der Waals surface area contributed by atoms with Gasteiger partial charge in [-0.05, 0) is 50.1 Å². The molecule has 0 spiro atoms. The topological polar surface area (TPSA) is 72.9 Å². The van der Waals surface area contributed by atoms with E-state index in [-0.39, 0.29) is 36.4 Å². The molecule has 6 heteroatoms. The minimum atomic E-state index is -0.241. The van der Waals surface area contributed by atoms with Crippen LogP contribution in [-0.4, -0.2) is 72.6 Å². The summed E-state index contributed by atoms with van der Waals surface area (Å²) in [5.41, 5.74) is 3.76. The van der Waals surface area contributed by atoms with E-state index < -0.39 is 0 Å². The highest BCUT2D eigenvalue weighted by atomic mass is 16.3. The van der Waals surface area contributed by atoms with Gasteiger partial charge in [-0.2, -0.15) is 0 Å². The lowest BCUT2D eigenvalue weighted by Gasteiger charge is -2.55.